The Balaban J connectivity index is 2.39. The van der Waals surface area contributed by atoms with Crippen molar-refractivity contribution in [1.82, 2.24) is 15.0 Å². The van der Waals surface area contributed by atoms with Crippen molar-refractivity contribution in [3.63, 3.8) is 0 Å². The first-order valence-corrected chi connectivity index (χ1v) is 8.75. The van der Waals surface area contributed by atoms with E-state index in [2.05, 4.69) is 24.0 Å². The molecule has 0 aliphatic heterocycles. The molecule has 0 aliphatic rings. The molecule has 2 aromatic rings. The fraction of sp³-hybridized carbons (Fsp3) is 0.588. The zero-order valence-electron chi connectivity index (χ0n) is 14.9. The van der Waals surface area contributed by atoms with Crippen molar-refractivity contribution in [3.8, 4) is 10.6 Å². The number of nitrogens with zero attached hydrogens (tertiary/aromatic N) is 3. The van der Waals surface area contributed by atoms with Gasteiger partial charge in [0.05, 0.1) is 17.0 Å². The maximum Gasteiger partial charge on any atom is 0.266 e. The van der Waals surface area contributed by atoms with Gasteiger partial charge in [0.15, 0.2) is 0 Å². The monoisotopic (exact) mass is 335 g/mol. The Hall–Kier alpha value is -1.69. The van der Waals surface area contributed by atoms with Gasteiger partial charge in [-0.05, 0) is 40.5 Å². The van der Waals surface area contributed by atoms with Crippen LogP contribution >= 0.6 is 11.3 Å². The van der Waals surface area contributed by atoms with Gasteiger partial charge in [-0.15, -0.1) is 11.3 Å². The van der Waals surface area contributed by atoms with Crippen LogP contribution in [0.1, 0.15) is 54.5 Å². The maximum absolute atomic E-state index is 13.0. The van der Waals surface area contributed by atoms with Crippen LogP contribution in [0.5, 0.6) is 0 Å². The van der Waals surface area contributed by atoms with E-state index in [9.17, 15) is 4.79 Å². The fourth-order valence-corrected chi connectivity index (χ4v) is 3.71. The summed E-state index contributed by atoms with van der Waals surface area (Å²) in [7, 11) is 0. The fourth-order valence-electron chi connectivity index (χ4n) is 2.54. The van der Waals surface area contributed by atoms with E-state index < -0.39 is 0 Å². The average Bonchev–Trinajstić information content (AvgIpc) is 2.98. The molecule has 2 rings (SSSR count). The molecule has 5 nitrogen and oxygen atoms in total. The third-order valence-corrected chi connectivity index (χ3v) is 4.85. The molecular formula is C17H25N3O2S. The van der Waals surface area contributed by atoms with Gasteiger partial charge in [-0.1, -0.05) is 19.0 Å². The van der Waals surface area contributed by atoms with Gasteiger partial charge in [0, 0.05) is 12.6 Å². The van der Waals surface area contributed by atoms with Crippen LogP contribution in [0.3, 0.4) is 0 Å². The molecule has 6 heteroatoms. The van der Waals surface area contributed by atoms with Crippen LogP contribution in [-0.4, -0.2) is 33.5 Å². The van der Waals surface area contributed by atoms with E-state index in [1.165, 1.54) is 11.3 Å². The minimum absolute atomic E-state index is 0.0571. The van der Waals surface area contributed by atoms with Gasteiger partial charge in [-0.2, -0.15) is 0 Å². The van der Waals surface area contributed by atoms with Crippen molar-refractivity contribution in [3.05, 3.63) is 22.0 Å². The van der Waals surface area contributed by atoms with Crippen LogP contribution in [0.15, 0.2) is 4.52 Å². The van der Waals surface area contributed by atoms with Crippen LogP contribution in [0.25, 0.3) is 10.6 Å². The first-order valence-electron chi connectivity index (χ1n) is 7.94. The highest BCUT2D eigenvalue weighted by Gasteiger charge is 2.26. The van der Waals surface area contributed by atoms with E-state index in [1.807, 2.05) is 39.5 Å². The number of carbonyl (C=O) groups is 1. The first kappa shape index (κ1) is 17.7. The molecule has 1 amide bonds. The molecule has 0 aliphatic carbocycles. The van der Waals surface area contributed by atoms with Crippen molar-refractivity contribution in [2.45, 2.75) is 54.5 Å². The van der Waals surface area contributed by atoms with Gasteiger partial charge in [0.2, 0.25) is 0 Å². The predicted octanol–water partition coefficient (Wildman–Crippen LogP) is 4.23. The summed E-state index contributed by atoms with van der Waals surface area (Å²) in [5.41, 5.74) is 2.47. The van der Waals surface area contributed by atoms with Gasteiger partial charge < -0.3 is 9.42 Å². The second kappa shape index (κ2) is 6.83. The number of rotatable bonds is 5. The van der Waals surface area contributed by atoms with Crippen molar-refractivity contribution < 1.29 is 9.32 Å². The Morgan fingerprint density at radius 3 is 2.30 bits per heavy atom. The van der Waals surface area contributed by atoms with Gasteiger partial charge in [-0.3, -0.25) is 4.79 Å². The second-order valence-electron chi connectivity index (χ2n) is 6.58. The summed E-state index contributed by atoms with van der Waals surface area (Å²) in [6.07, 6.45) is 0. The van der Waals surface area contributed by atoms with Gasteiger partial charge >= 0.3 is 0 Å². The minimum Gasteiger partial charge on any atom is -0.361 e. The Morgan fingerprint density at radius 2 is 1.83 bits per heavy atom. The first-order chi connectivity index (χ1) is 10.7. The molecule has 0 fully saturated rings. The van der Waals surface area contributed by atoms with E-state index in [1.54, 1.807) is 0 Å². The molecule has 0 spiro atoms. The largest absolute Gasteiger partial charge is 0.361 e. The van der Waals surface area contributed by atoms with E-state index in [0.29, 0.717) is 10.8 Å². The highest BCUT2D eigenvalue weighted by Crippen LogP contribution is 2.33. The number of carbonyl (C=O) groups excluding carboxylic acids is 1. The summed E-state index contributed by atoms with van der Waals surface area (Å²) in [6, 6.07) is 0.161. The van der Waals surface area contributed by atoms with Gasteiger partial charge in [0.25, 0.3) is 5.91 Å². The normalized spacial score (nSPS) is 11.5. The number of aryl methyl sites for hydroxylation is 3. The predicted molar refractivity (Wildman–Crippen MR) is 92.8 cm³/mol. The molecular weight excluding hydrogens is 310 g/mol. The Morgan fingerprint density at radius 1 is 1.17 bits per heavy atom. The van der Waals surface area contributed by atoms with Gasteiger partial charge in [-0.25, -0.2) is 4.98 Å². The van der Waals surface area contributed by atoms with Crippen molar-refractivity contribution in [1.29, 1.82) is 0 Å². The number of thiazole rings is 1. The van der Waals surface area contributed by atoms with Crippen molar-refractivity contribution in [2.24, 2.45) is 5.92 Å². The standard InChI is InChI=1S/C17H25N3O2S/c1-9(2)8-20(10(3)4)17(21)15-12(6)18-16(23-15)14-11(5)19-22-13(14)7/h9-10H,8H2,1-7H3. The summed E-state index contributed by atoms with van der Waals surface area (Å²) in [4.78, 5) is 20.2. The zero-order chi connectivity index (χ0) is 17.3. The van der Waals surface area contributed by atoms with E-state index >= 15 is 0 Å². The minimum atomic E-state index is 0.0571. The molecule has 2 heterocycles. The van der Waals surface area contributed by atoms with E-state index in [0.717, 1.165) is 34.3 Å². The van der Waals surface area contributed by atoms with E-state index in [4.69, 9.17) is 4.52 Å². The summed E-state index contributed by atoms with van der Waals surface area (Å²) in [5, 5.41) is 4.78. The molecule has 2 aromatic heterocycles. The quantitative estimate of drug-likeness (QED) is 0.820. The molecule has 0 bridgehead atoms. The lowest BCUT2D eigenvalue weighted by Gasteiger charge is -2.28. The number of amides is 1. The Bertz CT molecular complexity index is 681. The molecule has 0 saturated heterocycles. The van der Waals surface area contributed by atoms with Crippen LogP contribution in [0.4, 0.5) is 0 Å². The molecule has 23 heavy (non-hydrogen) atoms. The summed E-state index contributed by atoms with van der Waals surface area (Å²) < 4.78 is 5.22. The molecule has 0 N–H and O–H groups in total. The molecule has 126 valence electrons. The molecule has 0 radical (unpaired) electrons. The molecule has 0 unspecified atom stereocenters. The van der Waals surface area contributed by atoms with Crippen LogP contribution < -0.4 is 0 Å². The lowest BCUT2D eigenvalue weighted by molar-refractivity contribution is 0.0686. The Kier molecular flexibility index (Phi) is 5.24. The van der Waals surface area contributed by atoms with Crippen LogP contribution in [0.2, 0.25) is 0 Å². The van der Waals surface area contributed by atoms with Crippen molar-refractivity contribution in [2.75, 3.05) is 6.54 Å². The SMILES string of the molecule is Cc1nc(-c2c(C)noc2C)sc1C(=O)N(CC(C)C)C(C)C. The zero-order valence-corrected chi connectivity index (χ0v) is 15.7. The number of hydrogen-bond acceptors (Lipinski definition) is 5. The van der Waals surface area contributed by atoms with Crippen molar-refractivity contribution >= 4 is 17.2 Å². The topological polar surface area (TPSA) is 59.2 Å². The van der Waals surface area contributed by atoms with Crippen LogP contribution in [-0.2, 0) is 0 Å². The second-order valence-corrected chi connectivity index (χ2v) is 7.58. The molecule has 0 aromatic carbocycles. The maximum atomic E-state index is 13.0. The highest BCUT2D eigenvalue weighted by atomic mass is 32.1. The molecule has 0 saturated carbocycles. The number of aromatic nitrogens is 2. The third-order valence-electron chi connectivity index (χ3n) is 3.68. The van der Waals surface area contributed by atoms with E-state index in [-0.39, 0.29) is 11.9 Å². The summed E-state index contributed by atoms with van der Waals surface area (Å²) in [5.74, 6) is 1.22. The summed E-state index contributed by atoms with van der Waals surface area (Å²) in [6.45, 7) is 14.7. The lowest BCUT2D eigenvalue weighted by atomic mass is 10.1. The van der Waals surface area contributed by atoms with Crippen LogP contribution in [0, 0.1) is 26.7 Å². The van der Waals surface area contributed by atoms with Gasteiger partial charge in [0.1, 0.15) is 15.6 Å². The Labute approximate surface area is 141 Å². The highest BCUT2D eigenvalue weighted by molar-refractivity contribution is 7.17. The molecule has 0 atom stereocenters. The third kappa shape index (κ3) is 3.63. The summed E-state index contributed by atoms with van der Waals surface area (Å²) >= 11 is 1.42. The number of hydrogen-bond donors (Lipinski definition) is 0. The smallest absolute Gasteiger partial charge is 0.266 e. The lowest BCUT2D eigenvalue weighted by Crippen LogP contribution is -2.39. The average molecular weight is 335 g/mol.